The second-order valence-electron chi connectivity index (χ2n) is 3.90. The highest BCUT2D eigenvalue weighted by Gasteiger charge is 2.10. The molecule has 1 aromatic heterocycles. The number of nitrogens with zero attached hydrogens (tertiary/aromatic N) is 3. The molecule has 0 radical (unpaired) electrons. The van der Waals surface area contributed by atoms with Crippen molar-refractivity contribution in [3.8, 4) is 0 Å². The number of aromatic nitrogens is 2. The van der Waals surface area contributed by atoms with Crippen molar-refractivity contribution in [2.45, 2.75) is 6.54 Å². The molecule has 0 atom stereocenters. The van der Waals surface area contributed by atoms with E-state index in [9.17, 15) is 0 Å². The van der Waals surface area contributed by atoms with Gasteiger partial charge in [0.2, 0.25) is 0 Å². The highest BCUT2D eigenvalue weighted by Crippen LogP contribution is 2.23. The number of nitrogen functional groups attached to an aromatic ring is 1. The second kappa shape index (κ2) is 5.71. The van der Waals surface area contributed by atoms with Gasteiger partial charge in [-0.15, -0.1) is 0 Å². The summed E-state index contributed by atoms with van der Waals surface area (Å²) in [4.78, 5) is 10.3. The largest absolute Gasteiger partial charge is 0.399 e. The van der Waals surface area contributed by atoms with Gasteiger partial charge in [-0.2, -0.15) is 0 Å². The average Bonchev–Trinajstić information content (AvgIpc) is 2.34. The van der Waals surface area contributed by atoms with E-state index in [2.05, 4.69) is 32.6 Å². The number of hydrogen-bond acceptors (Lipinski definition) is 4. The van der Waals surface area contributed by atoms with E-state index in [1.807, 2.05) is 24.1 Å². The Morgan fingerprint density at radius 2 is 2.22 bits per heavy atom. The first-order valence-electron chi connectivity index (χ1n) is 5.28. The summed E-state index contributed by atoms with van der Waals surface area (Å²) in [6, 6.07) is 5.48. The molecule has 6 heteroatoms. The van der Waals surface area contributed by atoms with Gasteiger partial charge in [-0.25, -0.2) is 9.97 Å². The molecule has 0 aliphatic heterocycles. The van der Waals surface area contributed by atoms with Gasteiger partial charge in [0.15, 0.2) is 0 Å². The fourth-order valence-corrected chi connectivity index (χ4v) is 2.52. The van der Waals surface area contributed by atoms with Crippen molar-refractivity contribution in [1.82, 2.24) is 9.97 Å². The quantitative estimate of drug-likeness (QED) is 0.663. The molecule has 2 N–H and O–H groups in total. The van der Waals surface area contributed by atoms with Crippen LogP contribution in [0.2, 0.25) is 5.02 Å². The summed E-state index contributed by atoms with van der Waals surface area (Å²) in [6.07, 6.45) is 3.31. The lowest BCUT2D eigenvalue weighted by molar-refractivity contribution is 0.886. The number of anilines is 2. The van der Waals surface area contributed by atoms with Crippen LogP contribution < -0.4 is 10.6 Å². The third kappa shape index (κ3) is 3.02. The predicted octanol–water partition coefficient (Wildman–Crippen LogP) is 2.95. The Bertz CT molecular complexity index is 562. The van der Waals surface area contributed by atoms with Crippen LogP contribution in [0.4, 0.5) is 11.5 Å². The van der Waals surface area contributed by atoms with E-state index >= 15 is 0 Å². The monoisotopic (exact) mass is 374 g/mol. The maximum atomic E-state index is 6.15. The molecule has 1 heterocycles. The topological polar surface area (TPSA) is 55.0 Å². The highest BCUT2D eigenvalue weighted by atomic mass is 127. The lowest BCUT2D eigenvalue weighted by Gasteiger charge is -2.20. The molecule has 0 amide bonds. The summed E-state index contributed by atoms with van der Waals surface area (Å²) in [5, 5.41) is 0.708. The molecule has 18 heavy (non-hydrogen) atoms. The Hall–Kier alpha value is -1.08. The zero-order chi connectivity index (χ0) is 13.1. The Morgan fingerprint density at radius 1 is 1.44 bits per heavy atom. The molecule has 94 valence electrons. The second-order valence-corrected chi connectivity index (χ2v) is 5.47. The normalized spacial score (nSPS) is 10.4. The molecule has 0 fully saturated rings. The van der Waals surface area contributed by atoms with Crippen LogP contribution in [0.1, 0.15) is 5.56 Å². The van der Waals surface area contributed by atoms with Crippen molar-refractivity contribution in [3.63, 3.8) is 0 Å². The van der Waals surface area contributed by atoms with E-state index < -0.39 is 0 Å². The lowest BCUT2D eigenvalue weighted by Crippen LogP contribution is -2.19. The van der Waals surface area contributed by atoms with Crippen LogP contribution in [-0.2, 0) is 6.54 Å². The van der Waals surface area contributed by atoms with Crippen LogP contribution in [0.3, 0.4) is 0 Å². The van der Waals surface area contributed by atoms with Crippen molar-refractivity contribution in [3.05, 3.63) is 44.9 Å². The first-order chi connectivity index (χ1) is 8.58. The summed E-state index contributed by atoms with van der Waals surface area (Å²) >= 11 is 8.36. The molecule has 0 saturated heterocycles. The number of benzene rings is 1. The van der Waals surface area contributed by atoms with Crippen molar-refractivity contribution >= 4 is 45.7 Å². The van der Waals surface area contributed by atoms with E-state index in [0.29, 0.717) is 17.3 Å². The van der Waals surface area contributed by atoms with E-state index in [0.717, 1.165) is 15.0 Å². The maximum Gasteiger partial charge on any atom is 0.145 e. The van der Waals surface area contributed by atoms with Gasteiger partial charge in [0.1, 0.15) is 12.1 Å². The molecule has 0 aliphatic carbocycles. The number of rotatable bonds is 3. The minimum absolute atomic E-state index is 0.650. The highest BCUT2D eigenvalue weighted by molar-refractivity contribution is 14.1. The molecule has 0 spiro atoms. The van der Waals surface area contributed by atoms with Crippen LogP contribution in [-0.4, -0.2) is 17.0 Å². The van der Waals surface area contributed by atoms with Crippen LogP contribution in [0.5, 0.6) is 0 Å². The van der Waals surface area contributed by atoms with Gasteiger partial charge < -0.3 is 10.6 Å². The summed E-state index contributed by atoms with van der Waals surface area (Å²) < 4.78 is 0.998. The van der Waals surface area contributed by atoms with Crippen molar-refractivity contribution in [2.75, 3.05) is 17.7 Å². The first-order valence-corrected chi connectivity index (χ1v) is 6.74. The van der Waals surface area contributed by atoms with Crippen LogP contribution in [0.15, 0.2) is 30.7 Å². The minimum atomic E-state index is 0.650. The summed E-state index contributed by atoms with van der Waals surface area (Å²) in [6.45, 7) is 0.650. The Kier molecular flexibility index (Phi) is 4.23. The van der Waals surface area contributed by atoms with Crippen LogP contribution >= 0.6 is 34.2 Å². The van der Waals surface area contributed by atoms with E-state index in [-0.39, 0.29) is 0 Å². The van der Waals surface area contributed by atoms with Crippen molar-refractivity contribution in [2.24, 2.45) is 0 Å². The first kappa shape index (κ1) is 13.4. The molecule has 2 aromatic rings. The molecular weight excluding hydrogens is 363 g/mol. The van der Waals surface area contributed by atoms with E-state index in [1.165, 1.54) is 6.33 Å². The molecule has 0 saturated carbocycles. The molecule has 2 rings (SSSR count). The Morgan fingerprint density at radius 3 is 2.94 bits per heavy atom. The predicted molar refractivity (Wildman–Crippen MR) is 82.7 cm³/mol. The van der Waals surface area contributed by atoms with E-state index in [4.69, 9.17) is 17.3 Å². The minimum Gasteiger partial charge on any atom is -0.399 e. The standard InChI is InChI=1S/C12H12ClIN4/c1-18(12-11(14)5-16-7-17-12)6-8-4-9(15)2-3-10(8)13/h2-5,7H,6,15H2,1H3. The third-order valence-electron chi connectivity index (χ3n) is 2.49. The maximum absolute atomic E-state index is 6.15. The SMILES string of the molecule is CN(Cc1cc(N)ccc1Cl)c1ncncc1I. The molecule has 1 aromatic carbocycles. The molecule has 0 bridgehead atoms. The fraction of sp³-hybridized carbons (Fsp3) is 0.167. The van der Waals surface area contributed by atoms with Crippen molar-refractivity contribution in [1.29, 1.82) is 0 Å². The summed E-state index contributed by atoms with van der Waals surface area (Å²) in [5.41, 5.74) is 7.46. The molecule has 0 aliphatic rings. The number of halogens is 2. The van der Waals surface area contributed by atoms with Gasteiger partial charge in [-0.1, -0.05) is 11.6 Å². The van der Waals surface area contributed by atoms with Gasteiger partial charge in [-0.05, 0) is 46.4 Å². The molecule has 4 nitrogen and oxygen atoms in total. The smallest absolute Gasteiger partial charge is 0.145 e. The third-order valence-corrected chi connectivity index (χ3v) is 3.62. The van der Waals surface area contributed by atoms with Crippen molar-refractivity contribution < 1.29 is 0 Å². The van der Waals surface area contributed by atoms with Crippen LogP contribution in [0.25, 0.3) is 0 Å². The molecular formula is C12H12ClIN4. The van der Waals surface area contributed by atoms with Gasteiger partial charge in [0, 0.05) is 30.5 Å². The summed E-state index contributed by atoms with van der Waals surface area (Å²) in [5.74, 6) is 0.879. The van der Waals surface area contributed by atoms with Gasteiger partial charge >= 0.3 is 0 Å². The Balaban J connectivity index is 2.24. The van der Waals surface area contributed by atoms with Gasteiger partial charge in [0.05, 0.1) is 3.57 Å². The number of hydrogen-bond donors (Lipinski definition) is 1. The zero-order valence-corrected chi connectivity index (χ0v) is 12.7. The fourth-order valence-electron chi connectivity index (χ4n) is 1.63. The molecule has 0 unspecified atom stereocenters. The number of nitrogens with two attached hydrogens (primary N) is 1. The average molecular weight is 375 g/mol. The Labute approximate surface area is 124 Å². The van der Waals surface area contributed by atoms with Crippen LogP contribution in [0, 0.1) is 3.57 Å². The van der Waals surface area contributed by atoms with Gasteiger partial charge in [-0.3, -0.25) is 0 Å². The van der Waals surface area contributed by atoms with Gasteiger partial charge in [0.25, 0.3) is 0 Å². The zero-order valence-electron chi connectivity index (χ0n) is 9.77. The van der Waals surface area contributed by atoms with E-state index in [1.54, 1.807) is 12.3 Å². The summed E-state index contributed by atoms with van der Waals surface area (Å²) in [7, 11) is 1.96. The lowest BCUT2D eigenvalue weighted by atomic mass is 10.2.